The van der Waals surface area contributed by atoms with Gasteiger partial charge in [-0.1, -0.05) is 31.1 Å². The van der Waals surface area contributed by atoms with E-state index >= 15 is 0 Å². The number of nitrogens with one attached hydrogen (secondary N) is 3. The number of fused-ring (bicyclic) bond motifs is 2. The van der Waals surface area contributed by atoms with E-state index in [9.17, 15) is 27.6 Å². The SMILES string of the molecule is COc1cccc(S(=O)(=O)NC(=O)[C@@]23C[C@H]2/C=C\CCCCC[C@H](NC(=O)OC(C)(C)C)C(=O)N2CCC[C@H]2C(=O)N3)c1. The summed E-state index contributed by atoms with van der Waals surface area (Å²) in [6.07, 6.45) is 7.64. The summed E-state index contributed by atoms with van der Waals surface area (Å²) < 4.78 is 38.9. The zero-order valence-electron chi connectivity index (χ0n) is 25.2. The molecule has 2 aliphatic heterocycles. The Labute approximate surface area is 253 Å². The number of benzene rings is 1. The maximum atomic E-state index is 13.7. The summed E-state index contributed by atoms with van der Waals surface area (Å²) in [4.78, 5) is 54.8. The average molecular weight is 619 g/mol. The molecule has 0 radical (unpaired) electrons. The van der Waals surface area contributed by atoms with E-state index in [1.807, 2.05) is 12.2 Å². The fraction of sp³-hybridized carbons (Fsp3) is 0.600. The van der Waals surface area contributed by atoms with E-state index in [-0.39, 0.29) is 17.2 Å². The number of nitrogens with zero attached hydrogens (tertiary/aromatic N) is 1. The summed E-state index contributed by atoms with van der Waals surface area (Å²) in [6.45, 7) is 5.52. The molecule has 43 heavy (non-hydrogen) atoms. The van der Waals surface area contributed by atoms with E-state index in [4.69, 9.17) is 9.47 Å². The third-order valence-corrected chi connectivity index (χ3v) is 9.23. The summed E-state index contributed by atoms with van der Waals surface area (Å²) in [5.41, 5.74) is -2.23. The van der Waals surface area contributed by atoms with E-state index < -0.39 is 57.1 Å². The zero-order valence-corrected chi connectivity index (χ0v) is 26.0. The largest absolute Gasteiger partial charge is 0.497 e. The Bertz CT molecular complexity index is 1370. The second kappa shape index (κ2) is 12.9. The van der Waals surface area contributed by atoms with Gasteiger partial charge in [0.15, 0.2) is 0 Å². The Kier molecular flexibility index (Phi) is 9.73. The van der Waals surface area contributed by atoms with Gasteiger partial charge in [-0.3, -0.25) is 14.4 Å². The van der Waals surface area contributed by atoms with E-state index in [0.29, 0.717) is 44.4 Å². The van der Waals surface area contributed by atoms with Gasteiger partial charge in [0, 0.05) is 18.5 Å². The standard InChI is InChI=1S/C30H42N4O8S/c1-29(2,3)42-28(38)31-23-15-9-7-5-6-8-12-20-19-30(20,32-25(35)24-16-11-17-34(24)26(23)36)27(37)33-43(39,40)22-14-10-13-21(18-22)41-4/h8,10,12-14,18,20,23-24H,5-7,9,11,15-17,19H2,1-4H3,(H,31,38)(H,32,35)(H,33,37)/b12-8-/t20-,23+,24+,30-/m1/s1. The molecule has 1 aromatic rings. The molecule has 1 aliphatic carbocycles. The number of amides is 4. The Hall–Kier alpha value is -3.61. The van der Waals surface area contributed by atoms with Crippen LogP contribution in [0.25, 0.3) is 0 Å². The van der Waals surface area contributed by atoms with Crippen LogP contribution in [0.5, 0.6) is 5.75 Å². The number of carbonyl (C=O) groups is 4. The molecule has 2 fully saturated rings. The summed E-state index contributed by atoms with van der Waals surface area (Å²) in [6, 6.07) is 3.99. The first kappa shape index (κ1) is 32.3. The normalized spacial score (nSPS) is 27.3. The lowest BCUT2D eigenvalue weighted by Crippen LogP contribution is -2.58. The average Bonchev–Trinajstić information content (AvgIpc) is 3.39. The van der Waals surface area contributed by atoms with Crippen molar-refractivity contribution < 1.29 is 37.1 Å². The Morgan fingerprint density at radius 1 is 1.09 bits per heavy atom. The van der Waals surface area contributed by atoms with E-state index in [0.717, 1.165) is 12.8 Å². The number of sulfonamides is 1. The van der Waals surface area contributed by atoms with Crippen molar-refractivity contribution in [1.82, 2.24) is 20.3 Å². The minimum atomic E-state index is -4.27. The lowest BCUT2D eigenvalue weighted by atomic mass is 10.0. The highest BCUT2D eigenvalue weighted by Gasteiger charge is 2.61. The van der Waals surface area contributed by atoms with Gasteiger partial charge in [0.1, 0.15) is 29.0 Å². The molecule has 0 bridgehead atoms. The van der Waals surface area contributed by atoms with Crippen LogP contribution in [0.3, 0.4) is 0 Å². The number of hydrogen-bond donors (Lipinski definition) is 3. The maximum Gasteiger partial charge on any atom is 0.408 e. The van der Waals surface area contributed by atoms with Gasteiger partial charge in [0.2, 0.25) is 11.8 Å². The highest BCUT2D eigenvalue weighted by Crippen LogP contribution is 2.45. The van der Waals surface area contributed by atoms with Gasteiger partial charge in [-0.25, -0.2) is 17.9 Å². The van der Waals surface area contributed by atoms with Crippen LogP contribution >= 0.6 is 0 Å². The van der Waals surface area contributed by atoms with Gasteiger partial charge in [0.05, 0.1) is 12.0 Å². The highest BCUT2D eigenvalue weighted by atomic mass is 32.2. The van der Waals surface area contributed by atoms with Gasteiger partial charge in [0.25, 0.3) is 15.9 Å². The van der Waals surface area contributed by atoms with E-state index in [1.54, 1.807) is 26.8 Å². The van der Waals surface area contributed by atoms with Gasteiger partial charge in [-0.2, -0.15) is 0 Å². The number of allylic oxidation sites excluding steroid dienone is 1. The Balaban J connectivity index is 1.56. The molecular weight excluding hydrogens is 576 g/mol. The third-order valence-electron chi connectivity index (χ3n) is 7.90. The summed E-state index contributed by atoms with van der Waals surface area (Å²) in [5.74, 6) is -1.87. The highest BCUT2D eigenvalue weighted by molar-refractivity contribution is 7.90. The number of rotatable bonds is 5. The lowest BCUT2D eigenvalue weighted by molar-refractivity contribution is -0.141. The van der Waals surface area contributed by atoms with E-state index in [1.165, 1.54) is 30.2 Å². The molecule has 4 atom stereocenters. The van der Waals surface area contributed by atoms with Crippen LogP contribution in [0.2, 0.25) is 0 Å². The molecule has 13 heteroatoms. The molecule has 4 amide bonds. The molecule has 3 aliphatic rings. The lowest BCUT2D eigenvalue weighted by Gasteiger charge is -2.30. The van der Waals surface area contributed by atoms with Crippen LogP contribution in [0.15, 0.2) is 41.3 Å². The van der Waals surface area contributed by atoms with Crippen LogP contribution in [0, 0.1) is 5.92 Å². The van der Waals surface area contributed by atoms with E-state index in [2.05, 4.69) is 15.4 Å². The van der Waals surface area contributed by atoms with Crippen molar-refractivity contribution in [3.05, 3.63) is 36.4 Å². The molecule has 2 heterocycles. The Morgan fingerprint density at radius 2 is 1.86 bits per heavy atom. The molecule has 0 unspecified atom stereocenters. The molecule has 1 saturated heterocycles. The van der Waals surface area contributed by atoms with Crippen molar-refractivity contribution in [3.8, 4) is 5.75 Å². The predicted octanol–water partition coefficient (Wildman–Crippen LogP) is 2.78. The van der Waals surface area contributed by atoms with Crippen molar-refractivity contribution in [2.45, 2.75) is 100 Å². The summed E-state index contributed by atoms with van der Waals surface area (Å²) >= 11 is 0. The maximum absolute atomic E-state index is 13.7. The van der Waals surface area contributed by atoms with Crippen LogP contribution < -0.4 is 20.1 Å². The first-order valence-corrected chi connectivity index (χ1v) is 16.2. The van der Waals surface area contributed by atoms with Gasteiger partial charge in [-0.15, -0.1) is 0 Å². The summed E-state index contributed by atoms with van der Waals surface area (Å²) in [5, 5.41) is 5.51. The quantitative estimate of drug-likeness (QED) is 0.425. The fourth-order valence-electron chi connectivity index (χ4n) is 5.58. The number of methoxy groups -OCH3 is 1. The summed E-state index contributed by atoms with van der Waals surface area (Å²) in [7, 11) is -2.86. The Morgan fingerprint density at radius 3 is 2.58 bits per heavy atom. The molecule has 0 spiro atoms. The third kappa shape index (κ3) is 7.87. The van der Waals surface area contributed by atoms with Crippen LogP contribution in [0.1, 0.15) is 72.1 Å². The molecule has 0 aromatic heterocycles. The van der Waals surface area contributed by atoms with Gasteiger partial charge >= 0.3 is 6.09 Å². The first-order valence-electron chi connectivity index (χ1n) is 14.8. The predicted molar refractivity (Wildman–Crippen MR) is 157 cm³/mol. The van der Waals surface area contributed by atoms with Gasteiger partial charge in [-0.05, 0) is 71.4 Å². The number of hydrogen-bond acceptors (Lipinski definition) is 8. The number of alkyl carbamates (subject to hydrolysis) is 1. The van der Waals surface area contributed by atoms with Crippen molar-refractivity contribution in [2.24, 2.45) is 5.92 Å². The topological polar surface area (TPSA) is 160 Å². The van der Waals surface area contributed by atoms with Crippen molar-refractivity contribution in [1.29, 1.82) is 0 Å². The first-order chi connectivity index (χ1) is 20.3. The molecule has 12 nitrogen and oxygen atoms in total. The molecule has 1 aromatic carbocycles. The zero-order chi connectivity index (χ0) is 31.4. The van der Waals surface area contributed by atoms with Crippen molar-refractivity contribution in [3.63, 3.8) is 0 Å². The van der Waals surface area contributed by atoms with Gasteiger partial charge < -0.3 is 25.0 Å². The molecule has 3 N–H and O–H groups in total. The minimum Gasteiger partial charge on any atom is -0.497 e. The number of ether oxygens (including phenoxy) is 2. The fourth-order valence-corrected chi connectivity index (χ4v) is 6.66. The van der Waals surface area contributed by atoms with Crippen LogP contribution in [-0.4, -0.2) is 74.0 Å². The van der Waals surface area contributed by atoms with Crippen molar-refractivity contribution in [2.75, 3.05) is 13.7 Å². The molecular formula is C30H42N4O8S. The smallest absolute Gasteiger partial charge is 0.408 e. The minimum absolute atomic E-state index is 0.149. The van der Waals surface area contributed by atoms with Crippen LogP contribution in [-0.2, 0) is 29.1 Å². The number of carbonyl (C=O) groups excluding carboxylic acids is 4. The molecule has 236 valence electrons. The van der Waals surface area contributed by atoms with Crippen LogP contribution in [0.4, 0.5) is 4.79 Å². The monoisotopic (exact) mass is 618 g/mol. The second-order valence-corrected chi connectivity index (χ2v) is 14.0. The molecule has 4 rings (SSSR count). The van der Waals surface area contributed by atoms with Crippen molar-refractivity contribution >= 4 is 33.8 Å². The second-order valence-electron chi connectivity index (χ2n) is 12.3. The molecule has 1 saturated carbocycles.